The van der Waals surface area contributed by atoms with E-state index >= 15 is 0 Å². The Labute approximate surface area is 133 Å². The van der Waals surface area contributed by atoms with Crippen LogP contribution >= 0.6 is 0 Å². The Hall–Kier alpha value is -2.97. The maximum atomic E-state index is 12.7. The van der Waals surface area contributed by atoms with E-state index in [-0.39, 0.29) is 17.9 Å². The van der Waals surface area contributed by atoms with Gasteiger partial charge in [-0.2, -0.15) is 18.2 Å². The molecule has 1 unspecified atom stereocenters. The molecule has 0 saturated heterocycles. The van der Waals surface area contributed by atoms with E-state index in [1.807, 2.05) is 0 Å². The molecule has 1 atom stereocenters. The van der Waals surface area contributed by atoms with Crippen LogP contribution in [0.4, 0.5) is 13.2 Å². The van der Waals surface area contributed by atoms with Crippen LogP contribution in [0.25, 0.3) is 5.57 Å². The molecule has 1 aliphatic heterocycles. The van der Waals surface area contributed by atoms with E-state index in [2.05, 4.69) is 19.7 Å². The highest BCUT2D eigenvalue weighted by Crippen LogP contribution is 2.35. The highest BCUT2D eigenvalue weighted by atomic mass is 19.4. The molecule has 1 aromatic heterocycles. The fraction of sp³-hybridized carbons (Fsp3) is 0.200. The van der Waals surface area contributed by atoms with Gasteiger partial charge in [0.05, 0.1) is 12.1 Å². The number of rotatable bonds is 3. The summed E-state index contributed by atoms with van der Waals surface area (Å²) in [4.78, 5) is 19.7. The van der Waals surface area contributed by atoms with Gasteiger partial charge in [-0.15, -0.1) is 0 Å². The van der Waals surface area contributed by atoms with Crippen molar-refractivity contribution in [3.8, 4) is 0 Å². The summed E-state index contributed by atoms with van der Waals surface area (Å²) < 4.78 is 42.7. The predicted octanol–water partition coefficient (Wildman–Crippen LogP) is 2.58. The van der Waals surface area contributed by atoms with Gasteiger partial charge in [-0.25, -0.2) is 0 Å². The Morgan fingerprint density at radius 1 is 1.25 bits per heavy atom. The molecular formula is C15H10F3N3O3. The first kappa shape index (κ1) is 15.9. The van der Waals surface area contributed by atoms with Crippen molar-refractivity contribution in [3.63, 3.8) is 0 Å². The van der Waals surface area contributed by atoms with E-state index in [1.165, 1.54) is 12.3 Å². The lowest BCUT2D eigenvalue weighted by molar-refractivity contribution is -0.141. The number of halogens is 3. The summed E-state index contributed by atoms with van der Waals surface area (Å²) in [6.07, 6.45) is -0.642. The summed E-state index contributed by atoms with van der Waals surface area (Å²) >= 11 is 0. The number of carboxylic acid groups (broad SMARTS) is 1. The summed E-state index contributed by atoms with van der Waals surface area (Å²) in [7, 11) is 0. The minimum absolute atomic E-state index is 0.144. The van der Waals surface area contributed by atoms with Gasteiger partial charge in [-0.3, -0.25) is 9.79 Å². The lowest BCUT2D eigenvalue weighted by atomic mass is 9.77. The summed E-state index contributed by atoms with van der Waals surface area (Å²) in [6.45, 7) is -0.144. The molecule has 0 aliphatic carbocycles. The van der Waals surface area contributed by atoms with Crippen molar-refractivity contribution in [2.24, 2.45) is 4.99 Å². The molecule has 0 bridgehead atoms. The number of aliphatic carboxylic acids is 1. The van der Waals surface area contributed by atoms with Crippen molar-refractivity contribution in [2.75, 3.05) is 6.54 Å². The first-order valence-electron chi connectivity index (χ1n) is 6.73. The third-order valence-electron chi connectivity index (χ3n) is 3.70. The topological polar surface area (TPSA) is 88.6 Å². The van der Waals surface area contributed by atoms with Gasteiger partial charge < -0.3 is 9.63 Å². The van der Waals surface area contributed by atoms with E-state index in [9.17, 15) is 23.1 Å². The minimum Gasteiger partial charge on any atom is -0.480 e. The molecule has 2 aromatic rings. The van der Waals surface area contributed by atoms with E-state index in [0.29, 0.717) is 5.57 Å². The average Bonchev–Trinajstić information content (AvgIpc) is 3.08. The molecule has 0 spiro atoms. The normalized spacial score (nSPS) is 20.7. The van der Waals surface area contributed by atoms with Crippen LogP contribution in [0.5, 0.6) is 0 Å². The standard InChI is InChI=1S/C15H10F3N3O3/c16-15(17,18)11-3-1-10(2-4-11)14(13(22)23)5-9(6-19-7-14)12-20-8-24-21-12/h1-6,8H,7H2,(H,22,23). The summed E-state index contributed by atoms with van der Waals surface area (Å²) in [5.41, 5.74) is -1.96. The Morgan fingerprint density at radius 3 is 2.50 bits per heavy atom. The maximum absolute atomic E-state index is 12.7. The summed E-state index contributed by atoms with van der Waals surface area (Å²) in [5, 5.41) is 13.3. The van der Waals surface area contributed by atoms with Gasteiger partial charge in [0.25, 0.3) is 0 Å². The van der Waals surface area contributed by atoms with Crippen molar-refractivity contribution in [1.82, 2.24) is 10.1 Å². The van der Waals surface area contributed by atoms with Crippen molar-refractivity contribution in [3.05, 3.63) is 53.7 Å². The molecular weight excluding hydrogens is 327 g/mol. The number of dihydropyridines is 1. The van der Waals surface area contributed by atoms with Gasteiger partial charge in [0.2, 0.25) is 12.2 Å². The zero-order valence-corrected chi connectivity index (χ0v) is 12.0. The second kappa shape index (κ2) is 5.59. The molecule has 1 aromatic carbocycles. The monoisotopic (exact) mass is 337 g/mol. The van der Waals surface area contributed by atoms with Gasteiger partial charge in [0.15, 0.2) is 0 Å². The van der Waals surface area contributed by atoms with Crippen molar-refractivity contribution in [2.45, 2.75) is 11.6 Å². The number of carbonyl (C=O) groups is 1. The van der Waals surface area contributed by atoms with Crippen LogP contribution in [0.15, 0.2) is 46.3 Å². The molecule has 24 heavy (non-hydrogen) atoms. The lowest BCUT2D eigenvalue weighted by Crippen LogP contribution is -2.39. The fourth-order valence-electron chi connectivity index (χ4n) is 2.44. The Balaban J connectivity index is 2.07. The quantitative estimate of drug-likeness (QED) is 0.930. The first-order valence-corrected chi connectivity index (χ1v) is 6.73. The summed E-state index contributed by atoms with van der Waals surface area (Å²) in [6, 6.07) is 3.98. The Morgan fingerprint density at radius 2 is 1.96 bits per heavy atom. The number of benzene rings is 1. The van der Waals surface area contributed by atoms with E-state index in [4.69, 9.17) is 0 Å². The van der Waals surface area contributed by atoms with Crippen molar-refractivity contribution >= 4 is 17.8 Å². The van der Waals surface area contributed by atoms with Crippen LogP contribution in [0, 0.1) is 0 Å². The summed E-state index contributed by atoms with van der Waals surface area (Å²) in [5.74, 6) is -1.09. The first-order chi connectivity index (χ1) is 11.3. The molecule has 124 valence electrons. The largest absolute Gasteiger partial charge is 0.480 e. The maximum Gasteiger partial charge on any atom is 0.416 e. The minimum atomic E-state index is -4.49. The number of aliphatic imine (C=N–C) groups is 1. The molecule has 0 amide bonds. The molecule has 1 aliphatic rings. The van der Waals surface area contributed by atoms with Crippen molar-refractivity contribution < 1.29 is 27.6 Å². The second-order valence-electron chi connectivity index (χ2n) is 5.18. The Kier molecular flexibility index (Phi) is 3.70. The molecule has 0 fully saturated rings. The lowest BCUT2D eigenvalue weighted by Gasteiger charge is -2.28. The number of aromatic nitrogens is 2. The average molecular weight is 337 g/mol. The molecule has 3 rings (SSSR count). The molecule has 2 heterocycles. The van der Waals surface area contributed by atoms with E-state index in [0.717, 1.165) is 30.7 Å². The van der Waals surface area contributed by atoms with Crippen LogP contribution in [0.2, 0.25) is 0 Å². The van der Waals surface area contributed by atoms with Gasteiger partial charge >= 0.3 is 12.1 Å². The van der Waals surface area contributed by atoms with Crippen LogP contribution in [0.1, 0.15) is 17.0 Å². The third kappa shape index (κ3) is 2.68. The van der Waals surface area contributed by atoms with Gasteiger partial charge in [-0.05, 0) is 23.8 Å². The van der Waals surface area contributed by atoms with E-state index in [1.54, 1.807) is 0 Å². The highest BCUT2D eigenvalue weighted by Gasteiger charge is 2.41. The fourth-order valence-corrected chi connectivity index (χ4v) is 2.44. The number of hydrogen-bond acceptors (Lipinski definition) is 5. The SMILES string of the molecule is O=C(O)C1(c2ccc(C(F)(F)F)cc2)C=C(c2ncon2)C=NC1. The number of nitrogens with zero attached hydrogens (tertiary/aromatic N) is 3. The molecule has 6 nitrogen and oxygen atoms in total. The van der Waals surface area contributed by atoms with Gasteiger partial charge in [-0.1, -0.05) is 17.3 Å². The number of hydrogen-bond donors (Lipinski definition) is 1. The highest BCUT2D eigenvalue weighted by molar-refractivity contribution is 6.11. The van der Waals surface area contributed by atoms with Crippen LogP contribution < -0.4 is 0 Å². The molecule has 1 N–H and O–H groups in total. The van der Waals surface area contributed by atoms with Gasteiger partial charge in [0.1, 0.15) is 5.41 Å². The smallest absolute Gasteiger partial charge is 0.416 e. The van der Waals surface area contributed by atoms with Crippen LogP contribution in [-0.4, -0.2) is 34.0 Å². The number of allylic oxidation sites excluding steroid dienone is 1. The molecule has 0 saturated carbocycles. The van der Waals surface area contributed by atoms with Crippen LogP contribution in [-0.2, 0) is 16.4 Å². The van der Waals surface area contributed by atoms with Gasteiger partial charge in [0, 0.05) is 11.8 Å². The second-order valence-corrected chi connectivity index (χ2v) is 5.18. The predicted molar refractivity (Wildman–Crippen MR) is 76.4 cm³/mol. The molecule has 0 radical (unpaired) electrons. The number of carboxylic acids is 1. The van der Waals surface area contributed by atoms with Crippen molar-refractivity contribution in [1.29, 1.82) is 0 Å². The third-order valence-corrected chi connectivity index (χ3v) is 3.70. The van der Waals surface area contributed by atoms with Crippen LogP contribution in [0.3, 0.4) is 0 Å². The zero-order valence-electron chi connectivity index (χ0n) is 12.0. The zero-order chi connectivity index (χ0) is 17.4. The number of alkyl halides is 3. The molecule has 9 heteroatoms. The Bertz CT molecular complexity index is 811. The van der Waals surface area contributed by atoms with E-state index < -0.39 is 23.1 Å².